The van der Waals surface area contributed by atoms with Crippen LogP contribution in [-0.2, 0) is 0 Å². The van der Waals surface area contributed by atoms with Gasteiger partial charge in [0.1, 0.15) is 23.3 Å². The Labute approximate surface area is 486 Å². The number of unbranched alkanes of at least 4 members (excludes halogenated alkanes) is 4. The Morgan fingerprint density at radius 2 is 0.805 bits per heavy atom. The molecule has 2 heterocycles. The van der Waals surface area contributed by atoms with E-state index in [0.717, 1.165) is 112 Å². The minimum atomic E-state index is -0.844. The topological polar surface area (TPSA) is 222 Å². The van der Waals surface area contributed by atoms with Gasteiger partial charge in [-0.05, 0) is 124 Å². The van der Waals surface area contributed by atoms with Crippen LogP contribution in [0.2, 0.25) is 0 Å². The summed E-state index contributed by atoms with van der Waals surface area (Å²) in [6.07, 6.45) is 16.8. The first-order valence-corrected chi connectivity index (χ1v) is 30.1. The molecule has 0 aliphatic rings. The summed E-state index contributed by atoms with van der Waals surface area (Å²) in [5.74, 6) is 0.0588. The molecular weight excluding hydrogens is 1030 g/mol. The van der Waals surface area contributed by atoms with Gasteiger partial charge in [-0.2, -0.15) is 20.8 Å². The molecule has 2 N–H and O–H groups in total. The van der Waals surface area contributed by atoms with Crippen molar-refractivity contribution in [3.8, 4) is 35.3 Å². The standard InChI is InChI=1S/C66H88N10O6/c1-11-19-25-47(15-5)41-73(42-48(16-6)26-20-12-2)61(77)51-29-23-31-53(37-51)69-71-59-45(9)57(39-67)63(79)75(65(59)81)55-33-35-56(36-34-55)76-64(80)58(40-68)46(10)60(66(76)82)72-70-54-32-24-30-52(38-54)62(78)74(43-49(17-7)27-21-13-3)44-50(18-8)28-22-14-4/h23-24,29-38,47-50,81-82H,11-22,25-28,41-44H2,1-10H3. The molecule has 0 radical (unpaired) electrons. The molecule has 4 atom stereocenters. The minimum absolute atomic E-state index is 0.0749. The lowest BCUT2D eigenvalue weighted by Crippen LogP contribution is -2.39. The number of rotatable bonds is 32. The summed E-state index contributed by atoms with van der Waals surface area (Å²) >= 11 is 0. The minimum Gasteiger partial charge on any atom is -0.493 e. The predicted molar refractivity (Wildman–Crippen MR) is 326 cm³/mol. The van der Waals surface area contributed by atoms with Gasteiger partial charge in [0.05, 0.1) is 22.7 Å². The molecule has 438 valence electrons. The van der Waals surface area contributed by atoms with Crippen molar-refractivity contribution < 1.29 is 19.8 Å². The van der Waals surface area contributed by atoms with Crippen molar-refractivity contribution in [2.24, 2.45) is 44.1 Å². The molecule has 16 nitrogen and oxygen atoms in total. The molecule has 3 aromatic carbocycles. The zero-order chi connectivity index (χ0) is 59.9. The summed E-state index contributed by atoms with van der Waals surface area (Å²) in [7, 11) is 0. The van der Waals surface area contributed by atoms with Crippen LogP contribution in [0.4, 0.5) is 22.7 Å². The molecule has 0 saturated carbocycles. The maximum Gasteiger partial charge on any atom is 0.276 e. The van der Waals surface area contributed by atoms with Gasteiger partial charge in [-0.1, -0.05) is 145 Å². The number of benzene rings is 3. The molecule has 0 bridgehead atoms. The van der Waals surface area contributed by atoms with Crippen LogP contribution in [-0.4, -0.2) is 67.1 Å². The highest BCUT2D eigenvalue weighted by Crippen LogP contribution is 2.37. The molecule has 0 aliphatic carbocycles. The average Bonchev–Trinajstić information content (AvgIpc) is 3.51. The van der Waals surface area contributed by atoms with Crippen LogP contribution < -0.4 is 11.1 Å². The molecular formula is C66H88N10O6. The first kappa shape index (κ1) is 65.1. The van der Waals surface area contributed by atoms with Crippen LogP contribution in [0.1, 0.15) is 201 Å². The van der Waals surface area contributed by atoms with E-state index in [4.69, 9.17) is 0 Å². The highest BCUT2D eigenvalue weighted by Gasteiger charge is 2.27. The van der Waals surface area contributed by atoms with E-state index in [2.05, 4.69) is 75.8 Å². The number of nitrogens with zero attached hydrogens (tertiary/aromatic N) is 10. The van der Waals surface area contributed by atoms with E-state index in [1.54, 1.807) is 48.5 Å². The van der Waals surface area contributed by atoms with Crippen molar-refractivity contribution in [3.05, 3.63) is 127 Å². The van der Waals surface area contributed by atoms with Crippen molar-refractivity contribution in [1.82, 2.24) is 18.9 Å². The zero-order valence-corrected chi connectivity index (χ0v) is 50.4. The van der Waals surface area contributed by atoms with Gasteiger partial charge in [0.25, 0.3) is 22.9 Å². The Balaban J connectivity index is 1.49. The normalized spacial score (nSPS) is 13.0. The van der Waals surface area contributed by atoms with Gasteiger partial charge in [-0.15, -0.1) is 10.2 Å². The summed E-state index contributed by atoms with van der Waals surface area (Å²) in [5.41, 5.74) is -0.742. The van der Waals surface area contributed by atoms with Gasteiger partial charge >= 0.3 is 0 Å². The molecule has 0 aliphatic heterocycles. The Morgan fingerprint density at radius 1 is 0.500 bits per heavy atom. The lowest BCUT2D eigenvalue weighted by molar-refractivity contribution is 0.0678. The SMILES string of the molecule is CCCCC(CC)CN(CC(CC)CCCC)C(=O)c1cccc(N=Nc2c(C)c(C#N)c(=O)n(-c3ccc(-n4c(O)c(N=Nc5cccc(C(=O)N(CC(CC)CCCC)CC(CC)CCCC)c5)c(C)c(C#N)c4=O)cc3)c2O)c1. The number of hydrogen-bond acceptors (Lipinski definition) is 12. The molecule has 16 heteroatoms. The summed E-state index contributed by atoms with van der Waals surface area (Å²) in [6, 6.07) is 23.1. The number of aromatic hydroxyl groups is 2. The van der Waals surface area contributed by atoms with Crippen LogP contribution in [0.25, 0.3) is 11.4 Å². The van der Waals surface area contributed by atoms with Crippen molar-refractivity contribution in [1.29, 1.82) is 10.5 Å². The maximum absolute atomic E-state index is 14.4. The third-order valence-electron chi connectivity index (χ3n) is 16.1. The van der Waals surface area contributed by atoms with Crippen LogP contribution in [0.15, 0.2) is 103 Å². The van der Waals surface area contributed by atoms with E-state index in [0.29, 0.717) is 72.4 Å². The third kappa shape index (κ3) is 16.7. The van der Waals surface area contributed by atoms with E-state index >= 15 is 0 Å². The Kier molecular flexibility index (Phi) is 25.9. The second kappa shape index (κ2) is 32.7. The van der Waals surface area contributed by atoms with Gasteiger partial charge < -0.3 is 20.0 Å². The zero-order valence-electron chi connectivity index (χ0n) is 50.4. The van der Waals surface area contributed by atoms with Crippen molar-refractivity contribution >= 4 is 34.6 Å². The number of carbonyl (C=O) groups is 2. The fraction of sp³-hybridized carbons (Fsp3) is 0.515. The smallest absolute Gasteiger partial charge is 0.276 e. The van der Waals surface area contributed by atoms with E-state index in [9.17, 15) is 39.9 Å². The molecule has 0 spiro atoms. The number of hydrogen-bond donors (Lipinski definition) is 2. The van der Waals surface area contributed by atoms with Crippen molar-refractivity contribution in [3.63, 3.8) is 0 Å². The number of azo groups is 2. The summed E-state index contributed by atoms with van der Waals surface area (Å²) in [5, 5.41) is 61.7. The van der Waals surface area contributed by atoms with E-state index in [1.807, 2.05) is 21.9 Å². The highest BCUT2D eigenvalue weighted by atomic mass is 16.3. The van der Waals surface area contributed by atoms with Crippen LogP contribution in [0, 0.1) is 60.2 Å². The number of carbonyl (C=O) groups excluding carboxylic acids is 2. The van der Waals surface area contributed by atoms with Crippen molar-refractivity contribution in [2.45, 2.75) is 172 Å². The van der Waals surface area contributed by atoms with Crippen LogP contribution in [0.5, 0.6) is 11.8 Å². The molecule has 4 unspecified atom stereocenters. The first-order chi connectivity index (χ1) is 39.6. The monoisotopic (exact) mass is 1120 g/mol. The van der Waals surface area contributed by atoms with E-state index < -0.39 is 22.9 Å². The van der Waals surface area contributed by atoms with Gasteiger partial charge in [0.2, 0.25) is 11.8 Å². The Morgan fingerprint density at radius 3 is 1.07 bits per heavy atom. The lowest BCUT2D eigenvalue weighted by atomic mass is 9.95. The first-order valence-electron chi connectivity index (χ1n) is 30.1. The lowest BCUT2D eigenvalue weighted by Gasteiger charge is -2.31. The summed E-state index contributed by atoms with van der Waals surface area (Å²) < 4.78 is 1.79. The number of amides is 2. The molecule has 5 rings (SSSR count). The molecule has 5 aromatic rings. The molecule has 82 heavy (non-hydrogen) atoms. The van der Waals surface area contributed by atoms with Gasteiger partial charge in [0.15, 0.2) is 11.4 Å². The Hall–Kier alpha value is -7.72. The third-order valence-corrected chi connectivity index (χ3v) is 16.1. The highest BCUT2D eigenvalue weighted by molar-refractivity contribution is 5.95. The molecule has 0 saturated heterocycles. The van der Waals surface area contributed by atoms with Gasteiger partial charge in [-0.25, -0.2) is 9.13 Å². The second-order valence-corrected chi connectivity index (χ2v) is 22.0. The predicted octanol–water partition coefficient (Wildman–Crippen LogP) is 16.3. The number of aromatic nitrogens is 2. The largest absolute Gasteiger partial charge is 0.493 e. The quantitative estimate of drug-likeness (QED) is 0.0393. The number of nitriles is 2. The van der Waals surface area contributed by atoms with E-state index in [1.165, 1.54) is 38.1 Å². The molecule has 2 amide bonds. The fourth-order valence-corrected chi connectivity index (χ4v) is 10.6. The summed E-state index contributed by atoms with van der Waals surface area (Å²) in [6.45, 7) is 23.0. The summed E-state index contributed by atoms with van der Waals surface area (Å²) in [4.78, 5) is 60.6. The van der Waals surface area contributed by atoms with Crippen LogP contribution >= 0.6 is 0 Å². The molecule has 0 fully saturated rings. The van der Waals surface area contributed by atoms with Crippen LogP contribution in [0.3, 0.4) is 0 Å². The van der Waals surface area contributed by atoms with Crippen molar-refractivity contribution in [2.75, 3.05) is 26.2 Å². The second-order valence-electron chi connectivity index (χ2n) is 22.0. The van der Waals surface area contributed by atoms with Gasteiger partial charge in [-0.3, -0.25) is 19.2 Å². The molecule has 2 aromatic heterocycles. The van der Waals surface area contributed by atoms with E-state index in [-0.39, 0.29) is 56.8 Å². The Bertz CT molecular complexity index is 2950. The van der Waals surface area contributed by atoms with Gasteiger partial charge in [0, 0.05) is 48.4 Å². The average molecular weight is 1120 g/mol. The fourth-order valence-electron chi connectivity index (χ4n) is 10.6. The maximum atomic E-state index is 14.4. The number of pyridine rings is 2.